The molecule has 0 amide bonds. The number of carbonyl (C=O) groups excluding carboxylic acids is 1. The number of hydrogen-bond donors (Lipinski definition) is 0. The van der Waals surface area contributed by atoms with E-state index in [-0.39, 0.29) is 22.9 Å². The average molecular weight is 250 g/mol. The van der Waals surface area contributed by atoms with E-state index in [1.165, 1.54) is 12.8 Å². The highest BCUT2D eigenvalue weighted by molar-refractivity contribution is 5.66. The van der Waals surface area contributed by atoms with Crippen LogP contribution in [0.15, 0.2) is 12.2 Å². The fraction of sp³-hybridized carbons (Fsp3) is 0.812. The summed E-state index contributed by atoms with van der Waals surface area (Å²) in [6, 6.07) is 0. The minimum atomic E-state index is -0.129. The van der Waals surface area contributed by atoms with Crippen LogP contribution in [-0.4, -0.2) is 12.1 Å². The molecular formula is C16H26O2. The Labute approximate surface area is 111 Å². The lowest BCUT2D eigenvalue weighted by molar-refractivity contribution is -0.180. The summed E-state index contributed by atoms with van der Waals surface area (Å²) in [6.45, 7) is 8.38. The highest BCUT2D eigenvalue weighted by Crippen LogP contribution is 2.56. The zero-order chi connectivity index (χ0) is 13.4. The summed E-state index contributed by atoms with van der Waals surface area (Å²) in [5, 5.41) is 0. The molecule has 2 aliphatic rings. The Bertz CT molecular complexity index is 356. The fourth-order valence-electron chi connectivity index (χ4n) is 4.11. The van der Waals surface area contributed by atoms with E-state index in [2.05, 4.69) is 32.9 Å². The van der Waals surface area contributed by atoms with Gasteiger partial charge in [-0.15, -0.1) is 0 Å². The number of allylic oxidation sites excluding steroid dienone is 2. The van der Waals surface area contributed by atoms with Gasteiger partial charge in [0.1, 0.15) is 6.10 Å². The van der Waals surface area contributed by atoms with Crippen molar-refractivity contribution in [3.8, 4) is 0 Å². The predicted molar refractivity (Wildman–Crippen MR) is 73.2 cm³/mol. The number of ether oxygens (including phenoxy) is 1. The lowest BCUT2D eigenvalue weighted by Crippen LogP contribution is -2.54. The molecule has 0 heterocycles. The van der Waals surface area contributed by atoms with Gasteiger partial charge in [-0.3, -0.25) is 4.79 Å². The van der Waals surface area contributed by atoms with Crippen molar-refractivity contribution in [2.45, 2.75) is 65.9 Å². The molecule has 1 fully saturated rings. The van der Waals surface area contributed by atoms with Crippen LogP contribution in [0.3, 0.4) is 0 Å². The summed E-state index contributed by atoms with van der Waals surface area (Å²) >= 11 is 0. The Balaban J connectivity index is 2.35. The molecule has 0 radical (unpaired) electrons. The molecular weight excluding hydrogens is 224 g/mol. The number of rotatable bonds is 1. The van der Waals surface area contributed by atoms with Crippen LogP contribution in [0, 0.1) is 16.7 Å². The Morgan fingerprint density at radius 3 is 2.61 bits per heavy atom. The molecule has 0 bridgehead atoms. The van der Waals surface area contributed by atoms with Gasteiger partial charge in [-0.05, 0) is 31.6 Å². The standard InChI is InChI=1S/C16H26O2/c1-12-8-5-6-10-16(12)11-7-9-15(3,4)14(16)18-13(2)17/h5-6,12,14H,7-11H2,1-4H3. The van der Waals surface area contributed by atoms with Crippen LogP contribution in [0.2, 0.25) is 0 Å². The smallest absolute Gasteiger partial charge is 0.302 e. The molecule has 2 rings (SSSR count). The van der Waals surface area contributed by atoms with Crippen LogP contribution in [0.5, 0.6) is 0 Å². The molecule has 0 aromatic rings. The molecule has 0 aliphatic heterocycles. The highest BCUT2D eigenvalue weighted by atomic mass is 16.5. The highest BCUT2D eigenvalue weighted by Gasteiger charge is 2.53. The number of carbonyl (C=O) groups is 1. The molecule has 2 heteroatoms. The predicted octanol–water partition coefficient (Wildman–Crippen LogP) is 4.10. The summed E-state index contributed by atoms with van der Waals surface area (Å²) in [5.41, 5.74) is 0.269. The molecule has 1 spiro atoms. The van der Waals surface area contributed by atoms with E-state index >= 15 is 0 Å². The Morgan fingerprint density at radius 2 is 2.00 bits per heavy atom. The van der Waals surface area contributed by atoms with Crippen molar-refractivity contribution < 1.29 is 9.53 Å². The van der Waals surface area contributed by atoms with Crippen molar-refractivity contribution in [3.63, 3.8) is 0 Å². The van der Waals surface area contributed by atoms with E-state index in [0.29, 0.717) is 5.92 Å². The van der Waals surface area contributed by atoms with Gasteiger partial charge in [-0.2, -0.15) is 0 Å². The Morgan fingerprint density at radius 1 is 1.28 bits per heavy atom. The van der Waals surface area contributed by atoms with Gasteiger partial charge in [0.25, 0.3) is 0 Å². The minimum absolute atomic E-state index is 0.0659. The molecule has 3 unspecified atom stereocenters. The third-order valence-corrected chi connectivity index (χ3v) is 5.11. The first-order chi connectivity index (χ1) is 8.38. The van der Waals surface area contributed by atoms with Crippen molar-refractivity contribution in [2.75, 3.05) is 0 Å². The van der Waals surface area contributed by atoms with E-state index in [1.807, 2.05) is 0 Å². The third kappa shape index (κ3) is 2.22. The Hall–Kier alpha value is -0.790. The largest absolute Gasteiger partial charge is 0.461 e. The van der Waals surface area contributed by atoms with Gasteiger partial charge in [-0.1, -0.05) is 39.3 Å². The maximum atomic E-state index is 11.5. The van der Waals surface area contributed by atoms with E-state index in [1.54, 1.807) is 6.92 Å². The van der Waals surface area contributed by atoms with Crippen molar-refractivity contribution in [1.82, 2.24) is 0 Å². The van der Waals surface area contributed by atoms with Gasteiger partial charge in [0.15, 0.2) is 0 Å². The second-order valence-corrected chi connectivity index (χ2v) is 6.88. The first-order valence-electron chi connectivity index (χ1n) is 7.21. The van der Waals surface area contributed by atoms with Gasteiger partial charge >= 0.3 is 5.97 Å². The maximum Gasteiger partial charge on any atom is 0.302 e. The molecule has 2 nitrogen and oxygen atoms in total. The van der Waals surface area contributed by atoms with E-state index in [4.69, 9.17) is 4.74 Å². The van der Waals surface area contributed by atoms with Gasteiger partial charge in [0.05, 0.1) is 0 Å². The molecule has 18 heavy (non-hydrogen) atoms. The maximum absolute atomic E-state index is 11.5. The summed E-state index contributed by atoms with van der Waals surface area (Å²) in [4.78, 5) is 11.5. The van der Waals surface area contributed by atoms with E-state index in [0.717, 1.165) is 19.3 Å². The monoisotopic (exact) mass is 250 g/mol. The molecule has 3 atom stereocenters. The summed E-state index contributed by atoms with van der Waals surface area (Å²) in [7, 11) is 0. The van der Waals surface area contributed by atoms with Gasteiger partial charge in [0.2, 0.25) is 0 Å². The van der Waals surface area contributed by atoms with Gasteiger partial charge in [-0.25, -0.2) is 0 Å². The average Bonchev–Trinajstić information content (AvgIpc) is 2.27. The zero-order valence-corrected chi connectivity index (χ0v) is 12.2. The fourth-order valence-corrected chi connectivity index (χ4v) is 4.11. The molecule has 1 saturated carbocycles. The number of hydrogen-bond acceptors (Lipinski definition) is 2. The van der Waals surface area contributed by atoms with Gasteiger partial charge in [0, 0.05) is 17.8 Å². The van der Waals surface area contributed by atoms with Crippen molar-refractivity contribution in [3.05, 3.63) is 12.2 Å². The molecule has 0 aromatic heterocycles. The molecule has 102 valence electrons. The lowest BCUT2D eigenvalue weighted by Gasteiger charge is -2.54. The summed E-state index contributed by atoms with van der Waals surface area (Å²) in [6.07, 6.45) is 10.4. The number of esters is 1. The van der Waals surface area contributed by atoms with Crippen LogP contribution >= 0.6 is 0 Å². The van der Waals surface area contributed by atoms with Crippen LogP contribution in [0.25, 0.3) is 0 Å². The third-order valence-electron chi connectivity index (χ3n) is 5.11. The van der Waals surface area contributed by atoms with Crippen LogP contribution < -0.4 is 0 Å². The van der Waals surface area contributed by atoms with E-state index < -0.39 is 0 Å². The van der Waals surface area contributed by atoms with Crippen molar-refractivity contribution >= 4 is 5.97 Å². The topological polar surface area (TPSA) is 26.3 Å². The lowest BCUT2D eigenvalue weighted by atomic mass is 9.53. The SMILES string of the molecule is CC(=O)OC1C(C)(C)CCCC12CC=CCC2C. The first-order valence-corrected chi connectivity index (χ1v) is 7.21. The molecule has 0 saturated heterocycles. The van der Waals surface area contributed by atoms with Gasteiger partial charge < -0.3 is 4.74 Å². The molecule has 0 N–H and O–H groups in total. The summed E-state index contributed by atoms with van der Waals surface area (Å²) < 4.78 is 5.80. The molecule has 2 aliphatic carbocycles. The quantitative estimate of drug-likeness (QED) is 0.517. The second-order valence-electron chi connectivity index (χ2n) is 6.88. The van der Waals surface area contributed by atoms with Crippen LogP contribution in [0.4, 0.5) is 0 Å². The van der Waals surface area contributed by atoms with Crippen LogP contribution in [-0.2, 0) is 9.53 Å². The zero-order valence-electron chi connectivity index (χ0n) is 12.2. The second kappa shape index (κ2) is 4.71. The summed E-state index contributed by atoms with van der Waals surface area (Å²) in [5.74, 6) is 0.475. The molecule has 0 aromatic carbocycles. The first kappa shape index (κ1) is 13.6. The normalized spacial score (nSPS) is 38.7. The van der Waals surface area contributed by atoms with Crippen molar-refractivity contribution in [2.24, 2.45) is 16.7 Å². The minimum Gasteiger partial charge on any atom is -0.461 e. The Kier molecular flexibility index (Phi) is 3.57. The van der Waals surface area contributed by atoms with Crippen molar-refractivity contribution in [1.29, 1.82) is 0 Å². The van der Waals surface area contributed by atoms with Crippen LogP contribution in [0.1, 0.15) is 59.8 Å². The van der Waals surface area contributed by atoms with E-state index in [9.17, 15) is 4.79 Å².